The van der Waals surface area contributed by atoms with E-state index in [0.29, 0.717) is 24.3 Å². The fourth-order valence-corrected chi connectivity index (χ4v) is 2.52. The fraction of sp³-hybridized carbons (Fsp3) is 0.158. The van der Waals surface area contributed by atoms with Crippen LogP contribution >= 0.6 is 0 Å². The quantitative estimate of drug-likeness (QED) is 0.626. The average molecular weight is 337 g/mol. The van der Waals surface area contributed by atoms with Crippen LogP contribution in [0.3, 0.4) is 0 Å². The Kier molecular flexibility index (Phi) is 4.99. The van der Waals surface area contributed by atoms with E-state index in [1.807, 2.05) is 48.5 Å². The van der Waals surface area contributed by atoms with Crippen LogP contribution in [0.2, 0.25) is 0 Å². The Labute approximate surface area is 145 Å². The number of hydrogen-bond acceptors (Lipinski definition) is 3. The van der Waals surface area contributed by atoms with Crippen molar-refractivity contribution in [3.05, 3.63) is 65.9 Å². The second kappa shape index (κ2) is 7.53. The van der Waals surface area contributed by atoms with Crippen molar-refractivity contribution in [3.63, 3.8) is 0 Å². The summed E-state index contributed by atoms with van der Waals surface area (Å²) in [4.78, 5) is 27.0. The lowest BCUT2D eigenvalue weighted by Gasteiger charge is -2.06. The van der Waals surface area contributed by atoms with Crippen molar-refractivity contribution in [1.82, 2.24) is 15.8 Å². The van der Waals surface area contributed by atoms with Crippen molar-refractivity contribution >= 4 is 22.7 Å². The number of carbonyl (C=O) groups is 2. The summed E-state index contributed by atoms with van der Waals surface area (Å²) in [5.41, 5.74) is 7.12. The molecule has 0 fully saturated rings. The first-order valence-corrected chi connectivity index (χ1v) is 7.95. The fourth-order valence-electron chi connectivity index (χ4n) is 2.52. The molecule has 2 amide bonds. The van der Waals surface area contributed by atoms with Gasteiger partial charge in [-0.3, -0.25) is 20.4 Å². The Morgan fingerprint density at radius 1 is 1.04 bits per heavy atom. The van der Waals surface area contributed by atoms with E-state index in [0.717, 1.165) is 16.5 Å². The summed E-state index contributed by atoms with van der Waals surface area (Å²) in [6.07, 6.45) is 0.920. The van der Waals surface area contributed by atoms with Crippen molar-refractivity contribution < 1.29 is 14.3 Å². The number of fused-ring (bicyclic) bond motifs is 1. The summed E-state index contributed by atoms with van der Waals surface area (Å²) >= 11 is 0. The SMILES string of the molecule is COc1ccc2[nH]c(C(=O)NNC(=O)CCc3ccccc3)cc2c1. The van der Waals surface area contributed by atoms with Gasteiger partial charge >= 0.3 is 0 Å². The number of rotatable bonds is 5. The molecule has 0 saturated heterocycles. The summed E-state index contributed by atoms with van der Waals surface area (Å²) in [5.74, 6) is 0.0749. The molecule has 6 nitrogen and oxygen atoms in total. The Morgan fingerprint density at radius 3 is 2.60 bits per heavy atom. The molecule has 0 radical (unpaired) electrons. The molecule has 25 heavy (non-hydrogen) atoms. The van der Waals surface area contributed by atoms with E-state index < -0.39 is 5.91 Å². The predicted octanol–water partition coefficient (Wildman–Crippen LogP) is 2.57. The summed E-state index contributed by atoms with van der Waals surface area (Å²) in [6, 6.07) is 16.9. The van der Waals surface area contributed by atoms with E-state index in [4.69, 9.17) is 4.74 Å². The topological polar surface area (TPSA) is 83.2 Å². The number of H-pyrrole nitrogens is 1. The third kappa shape index (κ3) is 4.17. The number of aromatic amines is 1. The molecule has 0 unspecified atom stereocenters. The van der Waals surface area contributed by atoms with E-state index in [1.165, 1.54) is 0 Å². The number of aromatic nitrogens is 1. The lowest BCUT2D eigenvalue weighted by atomic mass is 10.1. The zero-order valence-electron chi connectivity index (χ0n) is 13.8. The maximum atomic E-state index is 12.2. The molecule has 1 heterocycles. The van der Waals surface area contributed by atoms with Gasteiger partial charge in [0.25, 0.3) is 5.91 Å². The molecule has 3 rings (SSSR count). The minimum absolute atomic E-state index is 0.241. The molecule has 0 saturated carbocycles. The maximum Gasteiger partial charge on any atom is 0.286 e. The minimum atomic E-state index is -0.400. The minimum Gasteiger partial charge on any atom is -0.497 e. The van der Waals surface area contributed by atoms with Crippen LogP contribution in [0.15, 0.2) is 54.6 Å². The molecule has 0 aliphatic carbocycles. The largest absolute Gasteiger partial charge is 0.497 e. The van der Waals surface area contributed by atoms with Crippen LogP contribution < -0.4 is 15.6 Å². The third-order valence-electron chi connectivity index (χ3n) is 3.87. The molecule has 3 aromatic rings. The summed E-state index contributed by atoms with van der Waals surface area (Å²) < 4.78 is 5.16. The highest BCUT2D eigenvalue weighted by molar-refractivity contribution is 5.99. The van der Waals surface area contributed by atoms with Gasteiger partial charge in [-0.25, -0.2) is 0 Å². The second-order valence-corrected chi connectivity index (χ2v) is 5.62. The lowest BCUT2D eigenvalue weighted by Crippen LogP contribution is -2.41. The van der Waals surface area contributed by atoms with Gasteiger partial charge in [-0.2, -0.15) is 0 Å². The molecular formula is C19H19N3O3. The molecule has 0 aliphatic heterocycles. The van der Waals surface area contributed by atoms with Gasteiger partial charge in [-0.15, -0.1) is 0 Å². The monoisotopic (exact) mass is 337 g/mol. The van der Waals surface area contributed by atoms with Gasteiger partial charge < -0.3 is 9.72 Å². The molecule has 0 spiro atoms. The highest BCUT2D eigenvalue weighted by Crippen LogP contribution is 2.21. The first-order valence-electron chi connectivity index (χ1n) is 7.95. The van der Waals surface area contributed by atoms with Crippen LogP contribution in [0, 0.1) is 0 Å². The van der Waals surface area contributed by atoms with Crippen LogP contribution in [0.5, 0.6) is 5.75 Å². The van der Waals surface area contributed by atoms with E-state index in [9.17, 15) is 9.59 Å². The number of methoxy groups -OCH3 is 1. The van der Waals surface area contributed by atoms with Crippen LogP contribution in [0.4, 0.5) is 0 Å². The van der Waals surface area contributed by atoms with Crippen LogP contribution in [-0.4, -0.2) is 23.9 Å². The Balaban J connectivity index is 1.54. The summed E-state index contributed by atoms with van der Waals surface area (Å²) in [6.45, 7) is 0. The van der Waals surface area contributed by atoms with Gasteiger partial charge in [0, 0.05) is 17.3 Å². The van der Waals surface area contributed by atoms with Crippen LogP contribution in [-0.2, 0) is 11.2 Å². The first-order chi connectivity index (χ1) is 12.2. The molecule has 0 bridgehead atoms. The molecule has 2 aromatic carbocycles. The Hall–Kier alpha value is -3.28. The molecular weight excluding hydrogens is 318 g/mol. The highest BCUT2D eigenvalue weighted by atomic mass is 16.5. The number of aryl methyl sites for hydroxylation is 1. The van der Waals surface area contributed by atoms with Gasteiger partial charge in [-0.1, -0.05) is 30.3 Å². The normalized spacial score (nSPS) is 10.4. The van der Waals surface area contributed by atoms with E-state index in [-0.39, 0.29) is 5.91 Å². The Morgan fingerprint density at radius 2 is 1.84 bits per heavy atom. The van der Waals surface area contributed by atoms with E-state index in [2.05, 4.69) is 15.8 Å². The molecule has 1 aromatic heterocycles. The van der Waals surface area contributed by atoms with Crippen molar-refractivity contribution in [2.45, 2.75) is 12.8 Å². The molecule has 128 valence electrons. The second-order valence-electron chi connectivity index (χ2n) is 5.62. The zero-order chi connectivity index (χ0) is 17.6. The zero-order valence-corrected chi connectivity index (χ0v) is 13.8. The van der Waals surface area contributed by atoms with Gasteiger partial charge in [0.05, 0.1) is 7.11 Å². The number of hydrogen-bond donors (Lipinski definition) is 3. The van der Waals surface area contributed by atoms with Gasteiger partial charge in [0.1, 0.15) is 11.4 Å². The molecule has 6 heteroatoms. The Bertz CT molecular complexity index is 887. The number of benzene rings is 2. The van der Waals surface area contributed by atoms with E-state index >= 15 is 0 Å². The standard InChI is InChI=1S/C19H19N3O3/c1-25-15-8-9-16-14(11-15)12-17(20-16)19(24)22-21-18(23)10-7-13-5-3-2-4-6-13/h2-6,8-9,11-12,20H,7,10H2,1H3,(H,21,23)(H,22,24). The third-order valence-corrected chi connectivity index (χ3v) is 3.87. The predicted molar refractivity (Wildman–Crippen MR) is 95.2 cm³/mol. The maximum absolute atomic E-state index is 12.2. The van der Waals surface area contributed by atoms with E-state index in [1.54, 1.807) is 13.2 Å². The van der Waals surface area contributed by atoms with Crippen LogP contribution in [0.1, 0.15) is 22.5 Å². The van der Waals surface area contributed by atoms with Crippen molar-refractivity contribution in [2.75, 3.05) is 7.11 Å². The number of amides is 2. The number of hydrazine groups is 1. The van der Waals surface area contributed by atoms with Crippen molar-refractivity contribution in [2.24, 2.45) is 0 Å². The average Bonchev–Trinajstić information content (AvgIpc) is 3.08. The lowest BCUT2D eigenvalue weighted by molar-refractivity contribution is -0.121. The van der Waals surface area contributed by atoms with Crippen molar-refractivity contribution in [1.29, 1.82) is 0 Å². The summed E-state index contributed by atoms with van der Waals surface area (Å²) in [7, 11) is 1.59. The first kappa shape index (κ1) is 16.6. The summed E-state index contributed by atoms with van der Waals surface area (Å²) in [5, 5.41) is 0.861. The van der Waals surface area contributed by atoms with Crippen molar-refractivity contribution in [3.8, 4) is 5.75 Å². The molecule has 0 atom stereocenters. The molecule has 3 N–H and O–H groups in total. The highest BCUT2D eigenvalue weighted by Gasteiger charge is 2.11. The van der Waals surface area contributed by atoms with Crippen LogP contribution in [0.25, 0.3) is 10.9 Å². The number of carbonyl (C=O) groups excluding carboxylic acids is 2. The smallest absolute Gasteiger partial charge is 0.286 e. The van der Waals surface area contributed by atoms with Gasteiger partial charge in [0.15, 0.2) is 0 Å². The number of ether oxygens (including phenoxy) is 1. The molecule has 0 aliphatic rings. The van der Waals surface area contributed by atoms with Gasteiger partial charge in [-0.05, 0) is 36.2 Å². The number of nitrogens with one attached hydrogen (secondary N) is 3. The van der Waals surface area contributed by atoms with Gasteiger partial charge in [0.2, 0.25) is 5.91 Å².